The zero-order chi connectivity index (χ0) is 20.1. The van der Waals surface area contributed by atoms with Gasteiger partial charge in [0.1, 0.15) is 0 Å². The Hall–Kier alpha value is -2.14. The van der Waals surface area contributed by atoms with Gasteiger partial charge in [0, 0.05) is 14.1 Å². The maximum Gasteiger partial charge on any atom is 0.453 e. The summed E-state index contributed by atoms with van der Waals surface area (Å²) in [7, 11) is -1.52. The van der Waals surface area contributed by atoms with E-state index in [-0.39, 0.29) is 22.4 Å². The molecule has 0 atom stereocenters. The van der Waals surface area contributed by atoms with Gasteiger partial charge in [-0.05, 0) is 42.4 Å². The number of nitrogens with zero attached hydrogens (tertiary/aromatic N) is 4. The Morgan fingerprint density at radius 2 is 1.93 bits per heavy atom. The minimum atomic E-state index is -4.75. The third kappa shape index (κ3) is 3.79. The lowest BCUT2D eigenvalue weighted by atomic mass is 10.0. The molecule has 11 heteroatoms. The molecule has 0 bridgehead atoms. The highest BCUT2D eigenvalue weighted by Crippen LogP contribution is 2.45. The van der Waals surface area contributed by atoms with E-state index in [1.54, 1.807) is 13.0 Å². The molecule has 1 aromatic carbocycles. The Morgan fingerprint density at radius 3 is 2.37 bits per heavy atom. The number of anilines is 1. The van der Waals surface area contributed by atoms with Crippen molar-refractivity contribution in [3.8, 4) is 5.69 Å². The fourth-order valence-electron chi connectivity index (χ4n) is 2.93. The summed E-state index contributed by atoms with van der Waals surface area (Å²) < 4.78 is 73.5. The molecule has 1 N–H and O–H groups in total. The SMILES string of the molecule is CCc1cc(C2CC2)c(-n2nc(C(F)(F)F)nc2N(C)C)cc1S(=O)(=O)O. The molecule has 3 rings (SSSR count). The van der Waals surface area contributed by atoms with E-state index < -0.39 is 22.1 Å². The lowest BCUT2D eigenvalue weighted by molar-refractivity contribution is -0.144. The number of aromatic nitrogens is 3. The number of benzene rings is 1. The highest BCUT2D eigenvalue weighted by molar-refractivity contribution is 7.85. The van der Waals surface area contributed by atoms with Crippen LogP contribution in [0.1, 0.15) is 42.6 Å². The van der Waals surface area contributed by atoms with Gasteiger partial charge in [-0.3, -0.25) is 4.55 Å². The first kappa shape index (κ1) is 19.6. The first-order valence-corrected chi connectivity index (χ1v) is 9.73. The summed E-state index contributed by atoms with van der Waals surface area (Å²) in [4.78, 5) is 4.58. The standard InChI is InChI=1S/C16H19F3N4O3S/c1-4-9-7-11(10-5-6-10)12(8-13(9)27(24,25)26)23-15(22(2)3)20-14(21-23)16(17,18)19/h7-8,10H,4-6H2,1-3H3,(H,24,25,26). The summed E-state index contributed by atoms with van der Waals surface area (Å²) in [6.07, 6.45) is -2.70. The van der Waals surface area contributed by atoms with Gasteiger partial charge in [-0.1, -0.05) is 13.0 Å². The number of rotatable bonds is 5. The molecule has 0 aliphatic heterocycles. The molecular formula is C16H19F3N4O3S. The normalized spacial score (nSPS) is 15.2. The van der Waals surface area contributed by atoms with E-state index in [9.17, 15) is 26.1 Å². The molecule has 0 amide bonds. The van der Waals surface area contributed by atoms with Gasteiger partial charge < -0.3 is 4.90 Å². The summed E-state index contributed by atoms with van der Waals surface area (Å²) in [6, 6.07) is 2.81. The summed E-state index contributed by atoms with van der Waals surface area (Å²) in [6.45, 7) is 1.74. The molecule has 1 fully saturated rings. The van der Waals surface area contributed by atoms with Crippen molar-refractivity contribution >= 4 is 16.1 Å². The smallest absolute Gasteiger partial charge is 0.347 e. The Labute approximate surface area is 154 Å². The van der Waals surface area contributed by atoms with Crippen LogP contribution in [0.4, 0.5) is 19.1 Å². The van der Waals surface area contributed by atoms with Crippen molar-refractivity contribution in [2.75, 3.05) is 19.0 Å². The van der Waals surface area contributed by atoms with E-state index in [1.807, 2.05) is 0 Å². The van der Waals surface area contributed by atoms with Crippen LogP contribution in [0.25, 0.3) is 5.69 Å². The van der Waals surface area contributed by atoms with Crippen molar-refractivity contribution in [1.29, 1.82) is 0 Å². The second-order valence-electron chi connectivity index (χ2n) is 6.66. The molecule has 1 saturated carbocycles. The molecule has 0 saturated heterocycles. The fraction of sp³-hybridized carbons (Fsp3) is 0.500. The molecule has 1 heterocycles. The van der Waals surface area contributed by atoms with E-state index in [0.29, 0.717) is 17.5 Å². The lowest BCUT2D eigenvalue weighted by Gasteiger charge is -2.18. The molecule has 1 aromatic heterocycles. The van der Waals surface area contributed by atoms with Crippen LogP contribution in [0.15, 0.2) is 17.0 Å². The first-order chi connectivity index (χ1) is 12.4. The third-order valence-electron chi connectivity index (χ3n) is 4.36. The Bertz CT molecular complexity index is 980. The van der Waals surface area contributed by atoms with Crippen molar-refractivity contribution < 1.29 is 26.1 Å². The van der Waals surface area contributed by atoms with Crippen LogP contribution in [-0.2, 0) is 22.7 Å². The van der Waals surface area contributed by atoms with Gasteiger partial charge in [-0.15, -0.1) is 5.10 Å². The number of hydrogen-bond acceptors (Lipinski definition) is 5. The van der Waals surface area contributed by atoms with Gasteiger partial charge >= 0.3 is 6.18 Å². The monoisotopic (exact) mass is 404 g/mol. The molecular weight excluding hydrogens is 385 g/mol. The zero-order valence-electron chi connectivity index (χ0n) is 14.9. The molecule has 0 unspecified atom stereocenters. The summed E-state index contributed by atoms with van der Waals surface area (Å²) in [5.74, 6) is -1.30. The van der Waals surface area contributed by atoms with Gasteiger partial charge in [-0.25, -0.2) is 0 Å². The second kappa shape index (κ2) is 6.48. The van der Waals surface area contributed by atoms with Crippen molar-refractivity contribution in [3.63, 3.8) is 0 Å². The molecule has 0 spiro atoms. The molecule has 2 aromatic rings. The van der Waals surface area contributed by atoms with Crippen molar-refractivity contribution in [2.24, 2.45) is 0 Å². The average Bonchev–Trinajstić information content (AvgIpc) is 3.28. The number of hydrogen-bond donors (Lipinski definition) is 1. The van der Waals surface area contributed by atoms with Crippen molar-refractivity contribution in [3.05, 3.63) is 29.1 Å². The first-order valence-electron chi connectivity index (χ1n) is 8.29. The van der Waals surface area contributed by atoms with E-state index >= 15 is 0 Å². The zero-order valence-corrected chi connectivity index (χ0v) is 15.8. The molecule has 7 nitrogen and oxygen atoms in total. The minimum absolute atomic E-state index is 0.0882. The van der Waals surface area contributed by atoms with E-state index in [1.165, 1.54) is 25.1 Å². The van der Waals surface area contributed by atoms with Gasteiger partial charge in [-0.2, -0.15) is 31.3 Å². The van der Waals surface area contributed by atoms with Gasteiger partial charge in [0.05, 0.1) is 10.6 Å². The van der Waals surface area contributed by atoms with E-state index in [4.69, 9.17) is 0 Å². The topological polar surface area (TPSA) is 88.3 Å². The van der Waals surface area contributed by atoms with E-state index in [0.717, 1.165) is 17.5 Å². The van der Waals surface area contributed by atoms with Crippen molar-refractivity contribution in [2.45, 2.75) is 43.2 Å². The third-order valence-corrected chi connectivity index (χ3v) is 5.29. The Morgan fingerprint density at radius 1 is 1.30 bits per heavy atom. The van der Waals surface area contributed by atoms with Gasteiger partial charge in [0.2, 0.25) is 5.95 Å². The minimum Gasteiger partial charge on any atom is -0.347 e. The van der Waals surface area contributed by atoms with Crippen LogP contribution >= 0.6 is 0 Å². The highest BCUT2D eigenvalue weighted by atomic mass is 32.2. The molecule has 0 radical (unpaired) electrons. The van der Waals surface area contributed by atoms with Gasteiger partial charge in [0.25, 0.3) is 15.9 Å². The average molecular weight is 404 g/mol. The van der Waals surface area contributed by atoms with Crippen LogP contribution in [0.5, 0.6) is 0 Å². The van der Waals surface area contributed by atoms with Crippen LogP contribution in [-0.4, -0.2) is 41.8 Å². The number of aryl methyl sites for hydroxylation is 1. The molecule has 27 heavy (non-hydrogen) atoms. The quantitative estimate of drug-likeness (QED) is 0.771. The second-order valence-corrected chi connectivity index (χ2v) is 8.05. The van der Waals surface area contributed by atoms with E-state index in [2.05, 4.69) is 10.1 Å². The number of halogens is 3. The number of alkyl halides is 3. The highest BCUT2D eigenvalue weighted by Gasteiger charge is 2.39. The van der Waals surface area contributed by atoms with Crippen LogP contribution < -0.4 is 4.90 Å². The molecule has 148 valence electrons. The van der Waals surface area contributed by atoms with Crippen molar-refractivity contribution in [1.82, 2.24) is 14.8 Å². The lowest BCUT2D eigenvalue weighted by Crippen LogP contribution is -2.17. The summed E-state index contributed by atoms with van der Waals surface area (Å²) in [5.41, 5.74) is 1.28. The maximum absolute atomic E-state index is 13.1. The largest absolute Gasteiger partial charge is 0.453 e. The fourth-order valence-corrected chi connectivity index (χ4v) is 3.72. The van der Waals surface area contributed by atoms with Gasteiger partial charge in [0.15, 0.2) is 0 Å². The molecule has 1 aliphatic carbocycles. The maximum atomic E-state index is 13.1. The van der Waals surface area contributed by atoms with Crippen LogP contribution in [0, 0.1) is 0 Å². The predicted octanol–water partition coefficient (Wildman–Crippen LogP) is 3.04. The Kier molecular flexibility index (Phi) is 4.71. The predicted molar refractivity (Wildman–Crippen MR) is 91.9 cm³/mol. The van der Waals surface area contributed by atoms with Crippen LogP contribution in [0.2, 0.25) is 0 Å². The summed E-state index contributed by atoms with van der Waals surface area (Å²) >= 11 is 0. The van der Waals surface area contributed by atoms with Crippen LogP contribution in [0.3, 0.4) is 0 Å². The Balaban J connectivity index is 2.32. The molecule has 1 aliphatic rings. The summed E-state index contributed by atoms with van der Waals surface area (Å²) in [5, 5.41) is 3.58.